The summed E-state index contributed by atoms with van der Waals surface area (Å²) in [5.41, 5.74) is 0.465. The van der Waals surface area contributed by atoms with Crippen LogP contribution in [0.5, 0.6) is 0 Å². The fourth-order valence-corrected chi connectivity index (χ4v) is 0.368. The van der Waals surface area contributed by atoms with Crippen LogP contribution in [0, 0.1) is 0 Å². The standard InChI is InChI=1S/C6H12FN/c1-4-8-6(3)5(2)7/h5,8H,3-4H2,1-2H3. The fourth-order valence-electron chi connectivity index (χ4n) is 0.368. The van der Waals surface area contributed by atoms with E-state index >= 15 is 0 Å². The zero-order valence-corrected chi connectivity index (χ0v) is 5.37. The van der Waals surface area contributed by atoms with E-state index in [1.165, 1.54) is 6.92 Å². The third-order valence-electron chi connectivity index (χ3n) is 0.884. The van der Waals surface area contributed by atoms with Crippen molar-refractivity contribution in [1.29, 1.82) is 0 Å². The summed E-state index contributed by atoms with van der Waals surface area (Å²) in [5, 5.41) is 2.78. The van der Waals surface area contributed by atoms with Gasteiger partial charge >= 0.3 is 0 Å². The number of allylic oxidation sites excluding steroid dienone is 1. The molecule has 0 aliphatic rings. The van der Waals surface area contributed by atoms with Gasteiger partial charge in [0.2, 0.25) is 0 Å². The van der Waals surface area contributed by atoms with Gasteiger partial charge in [-0.15, -0.1) is 0 Å². The summed E-state index contributed by atoms with van der Waals surface area (Å²) < 4.78 is 12.1. The van der Waals surface area contributed by atoms with Crippen molar-refractivity contribution in [3.8, 4) is 0 Å². The minimum absolute atomic E-state index is 0.465. The molecule has 0 saturated heterocycles. The molecule has 0 amide bonds. The smallest absolute Gasteiger partial charge is 0.136 e. The van der Waals surface area contributed by atoms with Crippen LogP contribution in [0.2, 0.25) is 0 Å². The summed E-state index contributed by atoms with van der Waals surface area (Å²) in [6, 6.07) is 0. The molecule has 0 aliphatic heterocycles. The maximum atomic E-state index is 12.1. The molecule has 1 atom stereocenters. The van der Waals surface area contributed by atoms with Gasteiger partial charge in [-0.3, -0.25) is 0 Å². The minimum Gasteiger partial charge on any atom is -0.387 e. The van der Waals surface area contributed by atoms with E-state index in [-0.39, 0.29) is 0 Å². The number of halogens is 1. The number of nitrogens with one attached hydrogen (secondary N) is 1. The van der Waals surface area contributed by atoms with Crippen LogP contribution in [-0.4, -0.2) is 12.7 Å². The lowest BCUT2D eigenvalue weighted by atomic mass is 10.3. The highest BCUT2D eigenvalue weighted by Gasteiger charge is 1.99. The Kier molecular flexibility index (Phi) is 3.24. The molecule has 0 aromatic carbocycles. The van der Waals surface area contributed by atoms with Crippen molar-refractivity contribution in [2.24, 2.45) is 0 Å². The molecule has 0 radical (unpaired) electrons. The molecule has 0 aliphatic carbocycles. The first-order chi connectivity index (χ1) is 3.68. The second-order valence-electron chi connectivity index (χ2n) is 1.67. The van der Waals surface area contributed by atoms with Crippen molar-refractivity contribution in [3.05, 3.63) is 12.3 Å². The summed E-state index contributed by atoms with van der Waals surface area (Å²) in [7, 11) is 0. The van der Waals surface area contributed by atoms with Crippen molar-refractivity contribution in [1.82, 2.24) is 5.32 Å². The van der Waals surface area contributed by atoms with Gasteiger partial charge in [0.05, 0.1) is 0 Å². The van der Waals surface area contributed by atoms with Crippen molar-refractivity contribution in [2.45, 2.75) is 20.0 Å². The van der Waals surface area contributed by atoms with Crippen LogP contribution >= 0.6 is 0 Å². The highest BCUT2D eigenvalue weighted by atomic mass is 19.1. The molecule has 0 aromatic heterocycles. The van der Waals surface area contributed by atoms with Crippen molar-refractivity contribution >= 4 is 0 Å². The molecule has 1 N–H and O–H groups in total. The third kappa shape index (κ3) is 2.61. The Labute approximate surface area is 49.6 Å². The van der Waals surface area contributed by atoms with E-state index in [2.05, 4.69) is 11.9 Å². The van der Waals surface area contributed by atoms with E-state index in [0.29, 0.717) is 5.70 Å². The maximum Gasteiger partial charge on any atom is 0.136 e. The topological polar surface area (TPSA) is 12.0 Å². The van der Waals surface area contributed by atoms with Crippen LogP contribution in [0.15, 0.2) is 12.3 Å². The molecule has 48 valence electrons. The average Bonchev–Trinajstić information content (AvgIpc) is 1.67. The Balaban J connectivity index is 3.33. The highest BCUT2D eigenvalue weighted by molar-refractivity contribution is 4.96. The molecule has 1 nitrogen and oxygen atoms in total. The van der Waals surface area contributed by atoms with Gasteiger partial charge in [-0.1, -0.05) is 6.58 Å². The molecule has 8 heavy (non-hydrogen) atoms. The summed E-state index contributed by atoms with van der Waals surface area (Å²) in [4.78, 5) is 0. The Morgan fingerprint density at radius 1 is 1.88 bits per heavy atom. The van der Waals surface area contributed by atoms with Gasteiger partial charge in [-0.2, -0.15) is 0 Å². The quantitative estimate of drug-likeness (QED) is 0.590. The molecular weight excluding hydrogens is 105 g/mol. The predicted octanol–water partition coefficient (Wildman–Crippen LogP) is 1.47. The number of rotatable bonds is 3. The number of hydrogen-bond donors (Lipinski definition) is 1. The Morgan fingerprint density at radius 2 is 2.38 bits per heavy atom. The lowest BCUT2D eigenvalue weighted by molar-refractivity contribution is 0.394. The Morgan fingerprint density at radius 3 is 2.50 bits per heavy atom. The molecular formula is C6H12FN. The maximum absolute atomic E-state index is 12.1. The van der Waals surface area contributed by atoms with Gasteiger partial charge in [0.1, 0.15) is 6.17 Å². The summed E-state index contributed by atoms with van der Waals surface area (Å²) >= 11 is 0. The summed E-state index contributed by atoms with van der Waals surface area (Å²) in [6.45, 7) is 7.57. The normalized spacial score (nSPS) is 12.9. The van der Waals surface area contributed by atoms with E-state index in [1.54, 1.807) is 0 Å². The zero-order valence-electron chi connectivity index (χ0n) is 5.37. The molecule has 0 spiro atoms. The van der Waals surface area contributed by atoms with E-state index in [1.807, 2.05) is 6.92 Å². The van der Waals surface area contributed by atoms with E-state index < -0.39 is 6.17 Å². The van der Waals surface area contributed by atoms with Crippen molar-refractivity contribution in [2.75, 3.05) is 6.54 Å². The van der Waals surface area contributed by atoms with Crippen molar-refractivity contribution < 1.29 is 4.39 Å². The predicted molar refractivity (Wildman–Crippen MR) is 33.4 cm³/mol. The summed E-state index contributed by atoms with van der Waals surface area (Å²) in [5.74, 6) is 0. The van der Waals surface area contributed by atoms with Crippen LogP contribution in [0.1, 0.15) is 13.8 Å². The SMILES string of the molecule is C=C(NCC)C(C)F. The van der Waals surface area contributed by atoms with Gasteiger partial charge in [0.15, 0.2) is 0 Å². The van der Waals surface area contributed by atoms with E-state index in [9.17, 15) is 4.39 Å². The Bertz CT molecular complexity index is 78.6. The van der Waals surface area contributed by atoms with Crippen LogP contribution in [0.3, 0.4) is 0 Å². The third-order valence-corrected chi connectivity index (χ3v) is 0.884. The fraction of sp³-hybridized carbons (Fsp3) is 0.667. The van der Waals surface area contributed by atoms with Gasteiger partial charge in [-0.05, 0) is 13.8 Å². The van der Waals surface area contributed by atoms with Gasteiger partial charge in [0.25, 0.3) is 0 Å². The number of alkyl halides is 1. The lowest BCUT2D eigenvalue weighted by Gasteiger charge is -2.05. The van der Waals surface area contributed by atoms with Gasteiger partial charge in [-0.25, -0.2) is 4.39 Å². The van der Waals surface area contributed by atoms with Crippen molar-refractivity contribution in [3.63, 3.8) is 0 Å². The monoisotopic (exact) mass is 117 g/mol. The Hall–Kier alpha value is -0.530. The zero-order chi connectivity index (χ0) is 6.57. The molecule has 0 fully saturated rings. The first kappa shape index (κ1) is 7.47. The largest absolute Gasteiger partial charge is 0.387 e. The second-order valence-corrected chi connectivity index (χ2v) is 1.67. The molecule has 2 heteroatoms. The minimum atomic E-state index is -0.935. The highest BCUT2D eigenvalue weighted by Crippen LogP contribution is 1.96. The van der Waals surface area contributed by atoms with Crippen LogP contribution in [-0.2, 0) is 0 Å². The molecule has 0 bridgehead atoms. The number of hydrogen-bond acceptors (Lipinski definition) is 1. The molecule has 0 aromatic rings. The molecule has 0 rings (SSSR count). The lowest BCUT2D eigenvalue weighted by Crippen LogP contribution is -2.17. The average molecular weight is 117 g/mol. The first-order valence-electron chi connectivity index (χ1n) is 2.75. The molecule has 1 unspecified atom stereocenters. The first-order valence-corrected chi connectivity index (χ1v) is 2.75. The van der Waals surface area contributed by atoms with Gasteiger partial charge < -0.3 is 5.32 Å². The van der Waals surface area contributed by atoms with Gasteiger partial charge in [0, 0.05) is 12.2 Å². The van der Waals surface area contributed by atoms with Crippen LogP contribution in [0.25, 0.3) is 0 Å². The molecule has 0 saturated carbocycles. The molecule has 0 heterocycles. The van der Waals surface area contributed by atoms with E-state index in [4.69, 9.17) is 0 Å². The van der Waals surface area contributed by atoms with Crippen LogP contribution < -0.4 is 5.32 Å². The second kappa shape index (κ2) is 3.47. The summed E-state index contributed by atoms with van der Waals surface area (Å²) in [6.07, 6.45) is -0.935. The van der Waals surface area contributed by atoms with Crippen LogP contribution in [0.4, 0.5) is 4.39 Å². The van der Waals surface area contributed by atoms with E-state index in [0.717, 1.165) is 6.54 Å².